The average molecular weight is 153 g/mol. The van der Waals surface area contributed by atoms with Crippen LogP contribution in [0.1, 0.15) is 33.1 Å². The predicted octanol–water partition coefficient (Wildman–Crippen LogP) is 2.13. The Morgan fingerprint density at radius 3 is 2.82 bits per heavy atom. The fraction of sp³-hybridized carbons (Fsp3) is 1.00. The monoisotopic (exact) mass is 153 g/mol. The lowest BCUT2D eigenvalue weighted by Crippen LogP contribution is -2.32. The maximum absolute atomic E-state index is 2.53. The number of nitrogens with zero attached hydrogens (tertiary/aromatic N) is 1. The van der Waals surface area contributed by atoms with Crippen molar-refractivity contribution in [2.45, 2.75) is 39.2 Å². The van der Waals surface area contributed by atoms with Gasteiger partial charge in [0.25, 0.3) is 0 Å². The lowest BCUT2D eigenvalue weighted by Gasteiger charge is -2.30. The Kier molecular flexibility index (Phi) is 1.54. The van der Waals surface area contributed by atoms with Gasteiger partial charge in [-0.3, -0.25) is 0 Å². The topological polar surface area (TPSA) is 3.24 Å². The molecule has 0 N–H and O–H groups in total. The minimum Gasteiger partial charge on any atom is -0.303 e. The van der Waals surface area contributed by atoms with E-state index in [1.807, 2.05) is 0 Å². The van der Waals surface area contributed by atoms with Gasteiger partial charge in [-0.15, -0.1) is 0 Å². The van der Waals surface area contributed by atoms with E-state index in [2.05, 4.69) is 25.8 Å². The van der Waals surface area contributed by atoms with Crippen molar-refractivity contribution in [2.24, 2.45) is 11.3 Å². The van der Waals surface area contributed by atoms with Gasteiger partial charge in [-0.05, 0) is 38.1 Å². The highest BCUT2D eigenvalue weighted by atomic mass is 15.2. The summed E-state index contributed by atoms with van der Waals surface area (Å²) >= 11 is 0. The first-order chi connectivity index (χ1) is 5.14. The maximum Gasteiger partial charge on any atom is 0.0121 e. The van der Waals surface area contributed by atoms with Crippen molar-refractivity contribution in [3.05, 3.63) is 0 Å². The molecule has 1 nitrogen and oxygen atoms in total. The number of rotatable bonds is 0. The van der Waals surface area contributed by atoms with Crippen molar-refractivity contribution in [1.82, 2.24) is 4.90 Å². The molecule has 0 amide bonds. The molecular formula is C10H19N. The molecule has 2 rings (SSSR count). The summed E-state index contributed by atoms with van der Waals surface area (Å²) in [4.78, 5) is 2.53. The van der Waals surface area contributed by atoms with E-state index in [9.17, 15) is 0 Å². The molecule has 1 heterocycles. The Morgan fingerprint density at radius 1 is 1.45 bits per heavy atom. The second kappa shape index (κ2) is 2.22. The molecule has 0 radical (unpaired) electrons. The maximum atomic E-state index is 2.53. The first-order valence-corrected chi connectivity index (χ1v) is 4.85. The highest BCUT2D eigenvalue weighted by Crippen LogP contribution is 2.51. The Hall–Kier alpha value is -0.0400. The van der Waals surface area contributed by atoms with E-state index in [-0.39, 0.29) is 0 Å². The molecule has 64 valence electrons. The fourth-order valence-electron chi connectivity index (χ4n) is 3.12. The fourth-order valence-corrected chi connectivity index (χ4v) is 3.12. The van der Waals surface area contributed by atoms with Crippen LogP contribution in [-0.2, 0) is 0 Å². The molecule has 0 aromatic heterocycles. The number of hydrogen-bond acceptors (Lipinski definition) is 1. The van der Waals surface area contributed by atoms with Gasteiger partial charge < -0.3 is 4.90 Å². The molecule has 0 bridgehead atoms. The number of likely N-dealkylation sites (tertiary alicyclic amines) is 1. The summed E-state index contributed by atoms with van der Waals surface area (Å²) in [5.41, 5.74) is 0.661. The van der Waals surface area contributed by atoms with Crippen molar-refractivity contribution >= 4 is 0 Å². The second-order valence-electron chi connectivity index (χ2n) is 4.71. The largest absolute Gasteiger partial charge is 0.303 e. The Balaban J connectivity index is 2.23. The summed E-state index contributed by atoms with van der Waals surface area (Å²) in [7, 11) is 2.27. The molecule has 0 aromatic rings. The smallest absolute Gasteiger partial charge is 0.0121 e. The minimum atomic E-state index is 0.661. The minimum absolute atomic E-state index is 0.661. The van der Waals surface area contributed by atoms with Crippen LogP contribution in [0.4, 0.5) is 0 Å². The summed E-state index contributed by atoms with van der Waals surface area (Å²) in [5, 5.41) is 0. The van der Waals surface area contributed by atoms with Gasteiger partial charge in [0.2, 0.25) is 0 Å². The van der Waals surface area contributed by atoms with E-state index in [1.165, 1.54) is 25.8 Å². The van der Waals surface area contributed by atoms with E-state index in [0.29, 0.717) is 5.41 Å². The van der Waals surface area contributed by atoms with Crippen LogP contribution in [-0.4, -0.2) is 24.5 Å². The van der Waals surface area contributed by atoms with Gasteiger partial charge in [0, 0.05) is 12.6 Å². The third-order valence-corrected chi connectivity index (χ3v) is 4.32. The first-order valence-electron chi connectivity index (χ1n) is 4.85. The third-order valence-electron chi connectivity index (χ3n) is 4.32. The van der Waals surface area contributed by atoms with Crippen LogP contribution in [0, 0.1) is 11.3 Å². The van der Waals surface area contributed by atoms with E-state index < -0.39 is 0 Å². The zero-order valence-electron chi connectivity index (χ0n) is 7.93. The summed E-state index contributed by atoms with van der Waals surface area (Å²) in [5.74, 6) is 1.00. The summed E-state index contributed by atoms with van der Waals surface area (Å²) < 4.78 is 0. The average Bonchev–Trinajstić information content (AvgIpc) is 2.39. The van der Waals surface area contributed by atoms with Crippen LogP contribution < -0.4 is 0 Å². The first kappa shape index (κ1) is 7.60. The molecule has 1 aliphatic carbocycles. The van der Waals surface area contributed by atoms with Gasteiger partial charge >= 0.3 is 0 Å². The van der Waals surface area contributed by atoms with E-state index in [1.54, 1.807) is 0 Å². The molecule has 3 unspecified atom stereocenters. The van der Waals surface area contributed by atoms with Crippen molar-refractivity contribution in [2.75, 3.05) is 13.6 Å². The van der Waals surface area contributed by atoms with Crippen LogP contribution >= 0.6 is 0 Å². The van der Waals surface area contributed by atoms with E-state index in [4.69, 9.17) is 0 Å². The lowest BCUT2D eigenvalue weighted by molar-refractivity contribution is 0.199. The summed E-state index contributed by atoms with van der Waals surface area (Å²) in [6.07, 6.45) is 4.41. The molecule has 11 heavy (non-hydrogen) atoms. The highest BCUT2D eigenvalue weighted by molar-refractivity contribution is 5.01. The van der Waals surface area contributed by atoms with Gasteiger partial charge in [-0.2, -0.15) is 0 Å². The molecule has 1 saturated carbocycles. The molecule has 1 saturated heterocycles. The van der Waals surface area contributed by atoms with Gasteiger partial charge in [0.05, 0.1) is 0 Å². The third kappa shape index (κ3) is 0.868. The van der Waals surface area contributed by atoms with E-state index in [0.717, 1.165) is 12.0 Å². The number of fused-ring (bicyclic) bond motifs is 1. The van der Waals surface area contributed by atoms with Crippen LogP contribution in [0.3, 0.4) is 0 Å². The van der Waals surface area contributed by atoms with Crippen molar-refractivity contribution in [3.8, 4) is 0 Å². The van der Waals surface area contributed by atoms with Crippen LogP contribution in [0.25, 0.3) is 0 Å². The van der Waals surface area contributed by atoms with Crippen molar-refractivity contribution in [1.29, 1.82) is 0 Å². The zero-order valence-corrected chi connectivity index (χ0v) is 7.93. The van der Waals surface area contributed by atoms with Gasteiger partial charge in [0.1, 0.15) is 0 Å². The molecule has 3 atom stereocenters. The SMILES string of the molecule is CC1N(C)CC2CCCC21C. The van der Waals surface area contributed by atoms with Crippen molar-refractivity contribution < 1.29 is 0 Å². The Bertz CT molecular complexity index is 162. The summed E-state index contributed by atoms with van der Waals surface area (Å²) in [6, 6.07) is 0.815. The number of hydrogen-bond donors (Lipinski definition) is 0. The molecule has 0 spiro atoms. The Morgan fingerprint density at radius 2 is 2.18 bits per heavy atom. The van der Waals surface area contributed by atoms with Crippen LogP contribution in [0.5, 0.6) is 0 Å². The van der Waals surface area contributed by atoms with Crippen LogP contribution in [0.15, 0.2) is 0 Å². The second-order valence-corrected chi connectivity index (χ2v) is 4.71. The lowest BCUT2D eigenvalue weighted by atomic mass is 9.78. The normalized spacial score (nSPS) is 51.5. The molecule has 2 fully saturated rings. The quantitative estimate of drug-likeness (QED) is 0.515. The molecule has 2 aliphatic rings. The zero-order chi connectivity index (χ0) is 8.06. The van der Waals surface area contributed by atoms with Gasteiger partial charge in [-0.1, -0.05) is 13.3 Å². The van der Waals surface area contributed by atoms with Gasteiger partial charge in [0.15, 0.2) is 0 Å². The van der Waals surface area contributed by atoms with Crippen molar-refractivity contribution in [3.63, 3.8) is 0 Å². The van der Waals surface area contributed by atoms with Crippen LogP contribution in [0.2, 0.25) is 0 Å². The standard InChI is InChI=1S/C10H19N/c1-8-10(2)6-4-5-9(10)7-11(8)3/h8-9H,4-7H2,1-3H3. The highest BCUT2D eigenvalue weighted by Gasteiger charge is 2.49. The van der Waals surface area contributed by atoms with E-state index >= 15 is 0 Å². The Labute approximate surface area is 69.8 Å². The predicted molar refractivity (Wildman–Crippen MR) is 47.5 cm³/mol. The molecular weight excluding hydrogens is 134 g/mol. The van der Waals surface area contributed by atoms with Gasteiger partial charge in [-0.25, -0.2) is 0 Å². The molecule has 1 heteroatoms. The molecule has 1 aliphatic heterocycles. The molecule has 0 aromatic carbocycles. The summed E-state index contributed by atoms with van der Waals surface area (Å²) in [6.45, 7) is 6.22.